The van der Waals surface area contributed by atoms with Crippen molar-refractivity contribution in [3.8, 4) is 5.75 Å². The Morgan fingerprint density at radius 1 is 1.08 bits per heavy atom. The molecule has 0 aliphatic rings. The zero-order valence-corrected chi connectivity index (χ0v) is 18.8. The highest BCUT2D eigenvalue weighted by Crippen LogP contribution is 2.12. The molecule has 0 saturated carbocycles. The molecule has 0 atom stereocenters. The van der Waals surface area contributed by atoms with Crippen molar-refractivity contribution in [3.05, 3.63) is 52.2 Å². The second-order valence-electron chi connectivity index (χ2n) is 6.06. The van der Waals surface area contributed by atoms with Crippen LogP contribution in [0.2, 0.25) is 0 Å². The quantitative estimate of drug-likeness (QED) is 0.245. The molecule has 0 fully saturated rings. The molecule has 0 radical (unpaired) electrons. The Balaban J connectivity index is 0.00000338. The Morgan fingerprint density at radius 3 is 2.35 bits per heavy atom. The molecule has 2 aromatic rings. The highest BCUT2D eigenvalue weighted by Gasteiger charge is 2.00. The number of nitrogens with zero attached hydrogens (tertiary/aromatic N) is 2. The maximum Gasteiger partial charge on any atom is 0.191 e. The van der Waals surface area contributed by atoms with Crippen LogP contribution in [0.15, 0.2) is 46.1 Å². The molecule has 0 unspecified atom stereocenters. The summed E-state index contributed by atoms with van der Waals surface area (Å²) in [4.78, 5) is 6.42. The summed E-state index contributed by atoms with van der Waals surface area (Å²) >= 11 is 1.70. The van der Waals surface area contributed by atoms with Crippen LogP contribution in [0.25, 0.3) is 0 Å². The number of thiophene rings is 1. The topological polar surface area (TPSA) is 48.9 Å². The molecular weight excluding hydrogens is 459 g/mol. The summed E-state index contributed by atoms with van der Waals surface area (Å²) in [6.45, 7) is 3.29. The molecule has 1 aromatic carbocycles. The Kier molecular flexibility index (Phi) is 11.3. The van der Waals surface area contributed by atoms with E-state index in [1.54, 1.807) is 18.4 Å². The number of aliphatic imine (C=N–C) groups is 1. The van der Waals surface area contributed by atoms with Gasteiger partial charge >= 0.3 is 0 Å². The number of halogens is 1. The van der Waals surface area contributed by atoms with Crippen LogP contribution in [0, 0.1) is 0 Å². The number of hydrogen-bond donors (Lipinski definition) is 2. The summed E-state index contributed by atoms with van der Waals surface area (Å²) in [6, 6.07) is 10.3. The summed E-state index contributed by atoms with van der Waals surface area (Å²) in [7, 11) is 5.93. The van der Waals surface area contributed by atoms with E-state index >= 15 is 0 Å². The third-order valence-corrected chi connectivity index (χ3v) is 4.40. The van der Waals surface area contributed by atoms with Crippen LogP contribution in [-0.4, -0.2) is 45.2 Å². The van der Waals surface area contributed by atoms with Crippen molar-refractivity contribution in [1.82, 2.24) is 15.5 Å². The Labute approximate surface area is 177 Å². The third-order valence-electron chi connectivity index (χ3n) is 3.67. The fourth-order valence-corrected chi connectivity index (χ4v) is 2.93. The first-order chi connectivity index (χ1) is 12.2. The van der Waals surface area contributed by atoms with E-state index in [1.807, 2.05) is 12.1 Å². The molecule has 0 amide bonds. The zero-order chi connectivity index (χ0) is 17.9. The average molecular weight is 488 g/mol. The van der Waals surface area contributed by atoms with Crippen LogP contribution in [0.5, 0.6) is 5.75 Å². The zero-order valence-electron chi connectivity index (χ0n) is 15.7. The first-order valence-corrected chi connectivity index (χ1v) is 9.43. The summed E-state index contributed by atoms with van der Waals surface area (Å²) in [5.41, 5.74) is 2.46. The van der Waals surface area contributed by atoms with Gasteiger partial charge in [0.05, 0.1) is 6.61 Å². The first-order valence-electron chi connectivity index (χ1n) is 8.49. The minimum atomic E-state index is 0. The predicted molar refractivity (Wildman–Crippen MR) is 122 cm³/mol. The van der Waals surface area contributed by atoms with Gasteiger partial charge in [0.25, 0.3) is 0 Å². The van der Waals surface area contributed by atoms with Gasteiger partial charge in [0.1, 0.15) is 5.75 Å². The van der Waals surface area contributed by atoms with E-state index in [0.29, 0.717) is 0 Å². The Hall–Kier alpha value is -1.32. The molecule has 26 heavy (non-hydrogen) atoms. The van der Waals surface area contributed by atoms with Gasteiger partial charge in [0.2, 0.25) is 0 Å². The van der Waals surface area contributed by atoms with E-state index in [0.717, 1.165) is 44.4 Å². The van der Waals surface area contributed by atoms with Gasteiger partial charge in [0, 0.05) is 26.7 Å². The summed E-state index contributed by atoms with van der Waals surface area (Å²) in [5.74, 6) is 1.72. The van der Waals surface area contributed by atoms with Gasteiger partial charge in [-0.2, -0.15) is 11.3 Å². The highest BCUT2D eigenvalue weighted by molar-refractivity contribution is 14.0. The molecule has 0 bridgehead atoms. The maximum atomic E-state index is 5.76. The number of nitrogens with one attached hydrogen (secondary N) is 2. The fourth-order valence-electron chi connectivity index (χ4n) is 2.26. The van der Waals surface area contributed by atoms with Gasteiger partial charge in [-0.1, -0.05) is 12.1 Å². The molecule has 0 saturated heterocycles. The van der Waals surface area contributed by atoms with E-state index in [1.165, 1.54) is 11.1 Å². The molecule has 2 N–H and O–H groups in total. The molecule has 7 heteroatoms. The van der Waals surface area contributed by atoms with Crippen molar-refractivity contribution in [2.45, 2.75) is 19.5 Å². The molecule has 0 aliphatic heterocycles. The van der Waals surface area contributed by atoms with Crippen LogP contribution >= 0.6 is 35.3 Å². The molecular formula is C19H29IN4OS. The van der Waals surface area contributed by atoms with E-state index in [2.05, 4.69) is 63.6 Å². The lowest BCUT2D eigenvalue weighted by Crippen LogP contribution is -2.36. The average Bonchev–Trinajstić information content (AvgIpc) is 3.13. The molecule has 1 aromatic heterocycles. The standard InChI is InChI=1S/C19H28N4OS.HI/c1-20-19(22-14-17-9-12-25-15-17)21-13-16-5-7-18(8-6-16)24-11-4-10-23(2)3;/h5-9,12,15H,4,10-11,13-14H2,1-3H3,(H2,20,21,22);1H. The summed E-state index contributed by atoms with van der Waals surface area (Å²) < 4.78 is 5.76. The molecule has 0 aliphatic carbocycles. The Bertz CT molecular complexity index is 629. The van der Waals surface area contributed by atoms with Gasteiger partial charge in [-0.15, -0.1) is 24.0 Å². The molecule has 5 nitrogen and oxygen atoms in total. The second kappa shape index (κ2) is 12.9. The van der Waals surface area contributed by atoms with Gasteiger partial charge < -0.3 is 20.3 Å². The first kappa shape index (κ1) is 22.7. The van der Waals surface area contributed by atoms with Gasteiger partial charge in [-0.05, 0) is 60.6 Å². The second-order valence-corrected chi connectivity index (χ2v) is 6.84. The van der Waals surface area contributed by atoms with Crippen LogP contribution in [0.4, 0.5) is 0 Å². The Morgan fingerprint density at radius 2 is 1.77 bits per heavy atom. The van der Waals surface area contributed by atoms with Crippen molar-refractivity contribution in [1.29, 1.82) is 0 Å². The lowest BCUT2D eigenvalue weighted by atomic mass is 10.2. The number of hydrogen-bond acceptors (Lipinski definition) is 4. The lowest BCUT2D eigenvalue weighted by molar-refractivity contribution is 0.281. The maximum absolute atomic E-state index is 5.76. The predicted octanol–water partition coefficient (Wildman–Crippen LogP) is 3.56. The van der Waals surface area contributed by atoms with Crippen molar-refractivity contribution in [2.24, 2.45) is 4.99 Å². The minimum absolute atomic E-state index is 0. The van der Waals surface area contributed by atoms with Crippen molar-refractivity contribution >= 4 is 41.3 Å². The van der Waals surface area contributed by atoms with E-state index in [4.69, 9.17) is 4.74 Å². The van der Waals surface area contributed by atoms with Crippen LogP contribution in [0.3, 0.4) is 0 Å². The van der Waals surface area contributed by atoms with Crippen LogP contribution in [-0.2, 0) is 13.1 Å². The third kappa shape index (κ3) is 8.86. The monoisotopic (exact) mass is 488 g/mol. The number of benzene rings is 1. The molecule has 2 rings (SSSR count). The number of ether oxygens (including phenoxy) is 1. The molecule has 1 heterocycles. The van der Waals surface area contributed by atoms with Crippen LogP contribution < -0.4 is 15.4 Å². The number of rotatable bonds is 9. The number of guanidine groups is 1. The highest BCUT2D eigenvalue weighted by atomic mass is 127. The summed E-state index contributed by atoms with van der Waals surface area (Å²) in [5, 5.41) is 10.9. The van der Waals surface area contributed by atoms with E-state index in [9.17, 15) is 0 Å². The van der Waals surface area contributed by atoms with Crippen molar-refractivity contribution in [2.75, 3.05) is 34.3 Å². The minimum Gasteiger partial charge on any atom is -0.494 e. The summed E-state index contributed by atoms with van der Waals surface area (Å²) in [6.07, 6.45) is 1.03. The lowest BCUT2D eigenvalue weighted by Gasteiger charge is -2.12. The van der Waals surface area contributed by atoms with E-state index in [-0.39, 0.29) is 24.0 Å². The largest absolute Gasteiger partial charge is 0.494 e. The van der Waals surface area contributed by atoms with Gasteiger partial charge in [-0.3, -0.25) is 4.99 Å². The smallest absolute Gasteiger partial charge is 0.191 e. The van der Waals surface area contributed by atoms with Crippen molar-refractivity contribution < 1.29 is 4.74 Å². The fraction of sp³-hybridized carbons (Fsp3) is 0.421. The van der Waals surface area contributed by atoms with Crippen molar-refractivity contribution in [3.63, 3.8) is 0 Å². The van der Waals surface area contributed by atoms with Crippen LogP contribution in [0.1, 0.15) is 17.5 Å². The molecule has 144 valence electrons. The van der Waals surface area contributed by atoms with Gasteiger partial charge in [-0.25, -0.2) is 0 Å². The normalized spacial score (nSPS) is 11.2. The molecule has 0 spiro atoms. The SMILES string of the molecule is CN=C(NCc1ccc(OCCCN(C)C)cc1)NCc1ccsc1.I. The van der Waals surface area contributed by atoms with E-state index < -0.39 is 0 Å². The van der Waals surface area contributed by atoms with Gasteiger partial charge in [0.15, 0.2) is 5.96 Å².